The molecule has 3 heterocycles. The van der Waals surface area contributed by atoms with Crippen molar-refractivity contribution in [2.24, 2.45) is 0 Å². The Hall–Kier alpha value is -10.6. The lowest BCUT2D eigenvalue weighted by Crippen LogP contribution is -2.65. The average Bonchev–Trinajstić information content (AvgIpc) is 0.783. The van der Waals surface area contributed by atoms with Crippen LogP contribution in [0.3, 0.4) is 0 Å². The van der Waals surface area contributed by atoms with Crippen molar-refractivity contribution in [1.29, 1.82) is 0 Å². The first-order valence-corrected chi connectivity index (χ1v) is 34.3. The molecule has 9 aromatic rings. The zero-order valence-electron chi connectivity index (χ0n) is 57.1. The largest absolute Gasteiger partial charge is 0.456 e. The monoisotopic (exact) mass is 1430 g/mol. The number of carbonyl (C=O) groups is 6. The molecule has 542 valence electrons. The van der Waals surface area contributed by atoms with Crippen LogP contribution in [0.25, 0.3) is 0 Å². The summed E-state index contributed by atoms with van der Waals surface area (Å²) < 4.78 is 98.7. The van der Waals surface area contributed by atoms with Crippen molar-refractivity contribution in [1.82, 2.24) is 0 Å². The molecule has 0 aromatic heterocycles. The fraction of sp³-hybridized carbons (Fsp3) is 0.277. The third-order valence-electron chi connectivity index (χ3n) is 17.5. The number of ether oxygens (including phenoxy) is 15. The summed E-state index contributed by atoms with van der Waals surface area (Å²) in [5.74, 6) is -5.76. The van der Waals surface area contributed by atoms with E-state index in [1.165, 1.54) is 60.7 Å². The Morgan fingerprint density at radius 3 is 0.933 bits per heavy atom. The zero-order valence-corrected chi connectivity index (χ0v) is 57.1. The first kappa shape index (κ1) is 74.1. The van der Waals surface area contributed by atoms with Gasteiger partial charge < -0.3 is 76.2 Å². The van der Waals surface area contributed by atoms with Gasteiger partial charge in [0.1, 0.15) is 36.6 Å². The maximum absolute atomic E-state index is 14.7. The fourth-order valence-corrected chi connectivity index (χ4v) is 12.3. The van der Waals surface area contributed by atoms with Gasteiger partial charge >= 0.3 is 35.8 Å². The molecular formula is C83H78O22. The van der Waals surface area contributed by atoms with Crippen LogP contribution in [0.4, 0.5) is 0 Å². The molecule has 105 heavy (non-hydrogen) atoms. The second-order valence-electron chi connectivity index (χ2n) is 24.9. The molecule has 0 amide bonds. The summed E-state index contributed by atoms with van der Waals surface area (Å²) in [6, 6.07) is 77.1. The highest BCUT2D eigenvalue weighted by Gasteiger charge is 2.57. The highest BCUT2D eigenvalue weighted by atomic mass is 16.8. The third-order valence-corrected chi connectivity index (χ3v) is 17.5. The highest BCUT2D eigenvalue weighted by Crippen LogP contribution is 2.37. The number of rotatable bonds is 30. The van der Waals surface area contributed by atoms with Gasteiger partial charge in [0, 0.05) is 6.92 Å². The maximum Gasteiger partial charge on any atom is 0.338 e. The topological polar surface area (TPSA) is 261 Å². The summed E-state index contributed by atoms with van der Waals surface area (Å²) in [7, 11) is 0. The summed E-state index contributed by atoms with van der Waals surface area (Å²) in [5, 5.41) is 12.2. The molecule has 0 spiro atoms. The molecule has 12 rings (SSSR count). The average molecular weight is 1430 g/mol. The Morgan fingerprint density at radius 1 is 0.276 bits per heavy atom. The maximum atomic E-state index is 14.7. The smallest absolute Gasteiger partial charge is 0.338 e. The van der Waals surface area contributed by atoms with Crippen molar-refractivity contribution in [2.45, 2.75) is 125 Å². The van der Waals surface area contributed by atoms with Crippen molar-refractivity contribution in [3.05, 3.63) is 323 Å². The molecule has 0 radical (unpaired) electrons. The molecular weight excluding hydrogens is 1350 g/mol. The van der Waals surface area contributed by atoms with E-state index in [0.717, 1.165) is 29.2 Å². The quantitative estimate of drug-likeness (QED) is 0.0324. The minimum absolute atomic E-state index is 0.0144. The number of hydrogen-bond acceptors (Lipinski definition) is 22. The number of aliphatic hydroxyl groups excluding tert-OH is 1. The summed E-state index contributed by atoms with van der Waals surface area (Å²) in [4.78, 5) is 86.0. The molecule has 3 aliphatic heterocycles. The van der Waals surface area contributed by atoms with E-state index < -0.39 is 141 Å². The molecule has 3 fully saturated rings. The van der Waals surface area contributed by atoms with Crippen molar-refractivity contribution < 1.29 is 105 Å². The lowest BCUT2D eigenvalue weighted by Gasteiger charge is -2.47. The van der Waals surface area contributed by atoms with Crippen molar-refractivity contribution >= 4 is 35.8 Å². The minimum atomic E-state index is -2.15. The molecule has 0 unspecified atom stereocenters. The number of benzene rings is 9. The molecule has 1 N–H and O–H groups in total. The van der Waals surface area contributed by atoms with Gasteiger partial charge in [0.05, 0.1) is 74.1 Å². The van der Waals surface area contributed by atoms with Gasteiger partial charge in [-0.25, -0.2) is 24.0 Å². The second-order valence-corrected chi connectivity index (χ2v) is 24.9. The van der Waals surface area contributed by atoms with Gasteiger partial charge in [-0.05, 0) is 82.9 Å². The van der Waals surface area contributed by atoms with E-state index in [2.05, 4.69) is 0 Å². The van der Waals surface area contributed by atoms with Gasteiger partial charge in [0.2, 0.25) is 0 Å². The van der Waals surface area contributed by atoms with E-state index in [4.69, 9.17) is 71.1 Å². The number of hydrogen-bond donors (Lipinski definition) is 1. The molecule has 0 aliphatic carbocycles. The minimum Gasteiger partial charge on any atom is -0.456 e. The number of aliphatic hydroxyl groups is 1. The Kier molecular flexibility index (Phi) is 26.3. The van der Waals surface area contributed by atoms with Crippen LogP contribution < -0.4 is 0 Å². The number of esters is 6. The van der Waals surface area contributed by atoms with Gasteiger partial charge in [-0.1, -0.05) is 212 Å². The SMILES string of the molecule is CC(=O)O[C@H]1[C@H](OC(=O)c2ccccc2)[C@@H](OC(=O)c2ccccc2)[C@H](OC[C@H]2O[C@H](O)[C@H](OC(=O)c3ccccc3)[C@@H](OC(=O)c3ccccc3)[C@@H]2OC(=O)c2ccccc2)O[C@@H]1CO[C@@H]1O[C@H](COCc2ccccc2)[C@@H](OCc2ccccc2)[C@H](OCc2ccccc2)[C@H]1OCc1ccccc1. The summed E-state index contributed by atoms with van der Waals surface area (Å²) >= 11 is 0. The summed E-state index contributed by atoms with van der Waals surface area (Å²) in [6.07, 6.45) is -23.9. The molecule has 3 aliphatic rings. The van der Waals surface area contributed by atoms with Crippen LogP contribution in [0.15, 0.2) is 273 Å². The first-order valence-electron chi connectivity index (χ1n) is 34.3. The van der Waals surface area contributed by atoms with E-state index in [1.54, 1.807) is 91.0 Å². The van der Waals surface area contributed by atoms with Crippen LogP contribution in [0.5, 0.6) is 0 Å². The van der Waals surface area contributed by atoms with Crippen LogP contribution in [0, 0.1) is 0 Å². The van der Waals surface area contributed by atoms with Gasteiger partial charge in [0.15, 0.2) is 55.5 Å². The Bertz CT molecular complexity index is 4190. The number of carbonyl (C=O) groups excluding carboxylic acids is 6. The van der Waals surface area contributed by atoms with Crippen LogP contribution in [-0.4, -0.2) is 153 Å². The van der Waals surface area contributed by atoms with Gasteiger partial charge in [-0.2, -0.15) is 0 Å². The van der Waals surface area contributed by atoms with Crippen molar-refractivity contribution in [3.63, 3.8) is 0 Å². The Balaban J connectivity index is 0.936. The fourth-order valence-electron chi connectivity index (χ4n) is 12.3. The predicted octanol–water partition coefficient (Wildman–Crippen LogP) is 11.2. The van der Waals surface area contributed by atoms with E-state index in [9.17, 15) is 33.9 Å². The molecule has 3 saturated heterocycles. The molecule has 15 atom stereocenters. The van der Waals surface area contributed by atoms with Gasteiger partial charge in [-0.3, -0.25) is 4.79 Å². The lowest BCUT2D eigenvalue weighted by molar-refractivity contribution is -0.348. The van der Waals surface area contributed by atoms with Crippen LogP contribution in [0.1, 0.15) is 81.0 Å². The third kappa shape index (κ3) is 20.2. The van der Waals surface area contributed by atoms with Gasteiger partial charge in [0.25, 0.3) is 0 Å². The lowest BCUT2D eigenvalue weighted by atomic mass is 9.96. The van der Waals surface area contributed by atoms with E-state index >= 15 is 0 Å². The van der Waals surface area contributed by atoms with Crippen LogP contribution in [-0.2, 0) is 102 Å². The van der Waals surface area contributed by atoms with Crippen LogP contribution in [0.2, 0.25) is 0 Å². The molecule has 22 nitrogen and oxygen atoms in total. The van der Waals surface area contributed by atoms with E-state index in [-0.39, 0.29) is 60.9 Å². The van der Waals surface area contributed by atoms with E-state index in [0.29, 0.717) is 0 Å². The van der Waals surface area contributed by atoms with Crippen molar-refractivity contribution in [3.8, 4) is 0 Å². The standard InChI is InChI=1S/C83H78O22/c1-54(84)97-68-66(53-95-82-74(94-50-58-35-17-5-18-36-58)70(93-49-57-33-15-4-16-34-57)67(92-48-56-31-13-3-14-32-56)64(99-82)51-91-47-55-29-11-2-12-30-55)100-83(75(105-80(89)63-45-27-10-28-46-63)72(68)103-78(87)61-41-23-8-24-42-61)96-52-65-69(101-76(85)59-37-19-6-20-38-59)71(102-77(86)60-39-21-7-22-40-60)73(81(90)98-65)104-79(88)62-43-25-9-26-44-62/h2-46,64-75,81-83,90H,47-53H2,1H3/t64-,65-,66-,67-,68-,69-,70+,71+,72+,73-,74-,75-,81+,82-,83-/m1/s1. The predicted molar refractivity (Wildman–Crippen MR) is 375 cm³/mol. The molecule has 22 heteroatoms. The normalized spacial score (nSPS) is 24.2. The Labute approximate surface area is 606 Å². The summed E-state index contributed by atoms with van der Waals surface area (Å²) in [6.45, 7) is 0.0108. The van der Waals surface area contributed by atoms with E-state index in [1.807, 2.05) is 121 Å². The molecule has 0 saturated carbocycles. The first-order chi connectivity index (χ1) is 51.4. The highest BCUT2D eigenvalue weighted by molar-refractivity contribution is 5.92. The Morgan fingerprint density at radius 2 is 0.552 bits per heavy atom. The van der Waals surface area contributed by atoms with Crippen molar-refractivity contribution in [2.75, 3.05) is 19.8 Å². The van der Waals surface area contributed by atoms with Crippen LogP contribution >= 0.6 is 0 Å². The molecule has 9 aromatic carbocycles. The summed E-state index contributed by atoms with van der Waals surface area (Å²) in [5.41, 5.74) is 3.53. The zero-order chi connectivity index (χ0) is 72.7. The second kappa shape index (κ2) is 37.2. The van der Waals surface area contributed by atoms with Gasteiger partial charge in [-0.15, -0.1) is 0 Å². The molecule has 0 bridgehead atoms.